The van der Waals surface area contributed by atoms with Crippen molar-refractivity contribution in [1.29, 1.82) is 0 Å². The molecular formula is C12H15ClN2. The van der Waals surface area contributed by atoms with Gasteiger partial charge in [0.05, 0.1) is 0 Å². The lowest BCUT2D eigenvalue weighted by molar-refractivity contribution is 0.414. The number of hydrogen-bond acceptors (Lipinski definition) is 1. The summed E-state index contributed by atoms with van der Waals surface area (Å²) in [6.45, 7) is -2.13. The molecule has 0 saturated carbocycles. The zero-order chi connectivity index (χ0) is 14.4. The number of aromatic amines is 1. The second-order valence-electron chi connectivity index (χ2n) is 3.52. The Balaban J connectivity index is 2.64. The third-order valence-electron chi connectivity index (χ3n) is 2.06. The van der Waals surface area contributed by atoms with Gasteiger partial charge in [0, 0.05) is 34.1 Å². The van der Waals surface area contributed by atoms with Crippen LogP contribution in [0.3, 0.4) is 0 Å². The molecule has 0 spiro atoms. The predicted molar refractivity (Wildman–Crippen MR) is 65.6 cm³/mol. The van der Waals surface area contributed by atoms with Crippen molar-refractivity contribution in [2.24, 2.45) is 0 Å². The SMILES string of the molecule is [2H]C([2H])(c1c[nH]c2ccc(Cl)cc12)C([2H])([2H])N(C)C. The van der Waals surface area contributed by atoms with Gasteiger partial charge < -0.3 is 9.88 Å². The minimum atomic E-state index is -2.17. The average Bonchev–Trinajstić information content (AvgIpc) is 2.71. The molecule has 80 valence electrons. The molecule has 0 amide bonds. The number of nitrogens with one attached hydrogen (secondary N) is 1. The second-order valence-corrected chi connectivity index (χ2v) is 3.96. The van der Waals surface area contributed by atoms with Crippen molar-refractivity contribution < 1.29 is 5.48 Å². The number of fused-ring (bicyclic) bond motifs is 1. The van der Waals surface area contributed by atoms with Gasteiger partial charge in [0.25, 0.3) is 0 Å². The highest BCUT2D eigenvalue weighted by molar-refractivity contribution is 6.31. The van der Waals surface area contributed by atoms with Gasteiger partial charge in [-0.05, 0) is 44.2 Å². The first kappa shape index (κ1) is 6.56. The van der Waals surface area contributed by atoms with E-state index in [0.29, 0.717) is 10.4 Å². The van der Waals surface area contributed by atoms with Crippen molar-refractivity contribution in [3.8, 4) is 0 Å². The van der Waals surface area contributed by atoms with E-state index in [2.05, 4.69) is 4.98 Å². The van der Waals surface area contributed by atoms with Crippen LogP contribution in [-0.2, 0) is 6.37 Å². The minimum absolute atomic E-state index is 0.267. The molecule has 0 unspecified atom stereocenters. The third-order valence-corrected chi connectivity index (χ3v) is 2.29. The lowest BCUT2D eigenvalue weighted by Gasteiger charge is -2.08. The Hall–Kier alpha value is -0.990. The van der Waals surface area contributed by atoms with E-state index < -0.39 is 12.9 Å². The molecule has 3 heteroatoms. The summed E-state index contributed by atoms with van der Waals surface area (Å²) >= 11 is 5.93. The van der Waals surface area contributed by atoms with Gasteiger partial charge in [0.15, 0.2) is 0 Å². The van der Waals surface area contributed by atoms with E-state index >= 15 is 0 Å². The van der Waals surface area contributed by atoms with Gasteiger partial charge in [-0.3, -0.25) is 0 Å². The summed E-state index contributed by atoms with van der Waals surface area (Å²) in [5, 5.41) is 1.10. The van der Waals surface area contributed by atoms with Crippen LogP contribution in [0, 0.1) is 0 Å². The van der Waals surface area contributed by atoms with Gasteiger partial charge in [0.1, 0.15) is 0 Å². The minimum Gasteiger partial charge on any atom is -0.361 e. The summed E-state index contributed by atoms with van der Waals surface area (Å²) in [5.41, 5.74) is 1.00. The van der Waals surface area contributed by atoms with Gasteiger partial charge in [-0.15, -0.1) is 0 Å². The Bertz CT molecular complexity index is 607. The van der Waals surface area contributed by atoms with Gasteiger partial charge >= 0.3 is 0 Å². The molecule has 1 aromatic carbocycles. The summed E-state index contributed by atoms with van der Waals surface area (Å²) in [5.74, 6) is 0. The quantitative estimate of drug-likeness (QED) is 0.853. The molecule has 0 aliphatic rings. The number of benzene rings is 1. The summed E-state index contributed by atoms with van der Waals surface area (Å²) in [4.78, 5) is 4.18. The van der Waals surface area contributed by atoms with Crippen LogP contribution in [0.25, 0.3) is 10.9 Å². The summed E-state index contributed by atoms with van der Waals surface area (Å²) in [6.07, 6.45) is -0.665. The first-order chi connectivity index (χ1) is 8.68. The van der Waals surface area contributed by atoms with Crippen molar-refractivity contribution >= 4 is 22.5 Å². The average molecular weight is 227 g/mol. The first-order valence-corrected chi connectivity index (χ1v) is 5.00. The topological polar surface area (TPSA) is 19.0 Å². The van der Waals surface area contributed by atoms with E-state index in [1.807, 2.05) is 0 Å². The molecule has 15 heavy (non-hydrogen) atoms. The molecule has 0 aliphatic carbocycles. The fraction of sp³-hybridized carbons (Fsp3) is 0.333. The van der Waals surface area contributed by atoms with Crippen LogP contribution in [0.5, 0.6) is 0 Å². The standard InChI is InChI=1S/C12H15ClN2/c1-15(2)6-5-9-8-14-12-4-3-10(13)7-11(9)12/h3-4,7-8,14H,5-6H2,1-2H3/i5D2,6D2. The number of nitrogens with zero attached hydrogens (tertiary/aromatic N) is 1. The lowest BCUT2D eigenvalue weighted by Crippen LogP contribution is -2.14. The normalized spacial score (nSPS) is 17.3. The Kier molecular flexibility index (Phi) is 1.86. The maximum absolute atomic E-state index is 8.16. The Labute approximate surface area is 100 Å². The van der Waals surface area contributed by atoms with Gasteiger partial charge in [-0.1, -0.05) is 11.6 Å². The van der Waals surface area contributed by atoms with Crippen LogP contribution in [0.2, 0.25) is 5.02 Å². The Morgan fingerprint density at radius 1 is 1.47 bits per heavy atom. The molecule has 0 radical (unpaired) electrons. The van der Waals surface area contributed by atoms with Crippen LogP contribution < -0.4 is 0 Å². The van der Waals surface area contributed by atoms with Crippen LogP contribution in [-0.4, -0.2) is 30.5 Å². The molecule has 0 saturated heterocycles. The number of H-pyrrole nitrogens is 1. The molecule has 0 bridgehead atoms. The molecular weight excluding hydrogens is 208 g/mol. The van der Waals surface area contributed by atoms with Gasteiger partial charge in [-0.25, -0.2) is 0 Å². The second kappa shape index (κ2) is 4.25. The molecule has 2 nitrogen and oxygen atoms in total. The Morgan fingerprint density at radius 3 is 3.00 bits per heavy atom. The van der Waals surface area contributed by atoms with E-state index in [0.717, 1.165) is 5.52 Å². The van der Waals surface area contributed by atoms with Crippen LogP contribution in [0.1, 0.15) is 11.0 Å². The fourth-order valence-corrected chi connectivity index (χ4v) is 1.54. The van der Waals surface area contributed by atoms with Crippen LogP contribution >= 0.6 is 11.6 Å². The van der Waals surface area contributed by atoms with E-state index in [1.54, 1.807) is 18.2 Å². The van der Waals surface area contributed by atoms with E-state index in [-0.39, 0.29) is 5.56 Å². The highest BCUT2D eigenvalue weighted by atomic mass is 35.5. The zero-order valence-corrected chi connectivity index (χ0v) is 9.39. The fourth-order valence-electron chi connectivity index (χ4n) is 1.37. The number of aryl methyl sites for hydroxylation is 1. The van der Waals surface area contributed by atoms with E-state index in [4.69, 9.17) is 17.1 Å². The van der Waals surface area contributed by atoms with Crippen molar-refractivity contribution in [1.82, 2.24) is 9.88 Å². The third kappa shape index (κ3) is 2.33. The largest absolute Gasteiger partial charge is 0.361 e. The Morgan fingerprint density at radius 2 is 2.27 bits per heavy atom. The molecule has 0 fully saturated rings. The maximum atomic E-state index is 8.16. The zero-order valence-electron chi connectivity index (χ0n) is 12.6. The lowest BCUT2D eigenvalue weighted by atomic mass is 10.1. The van der Waals surface area contributed by atoms with Gasteiger partial charge in [0.2, 0.25) is 0 Å². The number of aromatic nitrogens is 1. The predicted octanol–water partition coefficient (Wildman–Crippen LogP) is 2.93. The monoisotopic (exact) mass is 226 g/mol. The maximum Gasteiger partial charge on any atom is 0.0457 e. The van der Waals surface area contributed by atoms with Crippen LogP contribution in [0.15, 0.2) is 24.4 Å². The van der Waals surface area contributed by atoms with Crippen LogP contribution in [0.4, 0.5) is 0 Å². The molecule has 1 aromatic heterocycles. The number of hydrogen-bond donors (Lipinski definition) is 1. The van der Waals surface area contributed by atoms with Crippen molar-refractivity contribution in [2.45, 2.75) is 6.37 Å². The van der Waals surface area contributed by atoms with Gasteiger partial charge in [-0.2, -0.15) is 0 Å². The van der Waals surface area contributed by atoms with Crippen molar-refractivity contribution in [3.63, 3.8) is 0 Å². The summed E-state index contributed by atoms with van der Waals surface area (Å²) in [6, 6.07) is 5.11. The number of likely N-dealkylation sites (N-methyl/N-ethyl adjacent to an activating group) is 1. The molecule has 0 atom stereocenters. The van der Waals surface area contributed by atoms with Crippen molar-refractivity contribution in [3.05, 3.63) is 35.0 Å². The first-order valence-electron chi connectivity index (χ1n) is 6.62. The smallest absolute Gasteiger partial charge is 0.0457 e. The van der Waals surface area contributed by atoms with E-state index in [9.17, 15) is 0 Å². The highest BCUT2D eigenvalue weighted by Gasteiger charge is 2.04. The summed E-state index contributed by atoms with van der Waals surface area (Å²) in [7, 11) is 3.03. The number of rotatable bonds is 3. The summed E-state index contributed by atoms with van der Waals surface area (Å²) < 4.78 is 32.2. The van der Waals surface area contributed by atoms with Crippen molar-refractivity contribution in [2.75, 3.05) is 20.6 Å². The molecule has 2 aromatic rings. The number of halogens is 1. The molecule has 1 heterocycles. The molecule has 1 N–H and O–H groups in total. The molecule has 0 aliphatic heterocycles. The molecule has 2 rings (SSSR count). The van der Waals surface area contributed by atoms with E-state index in [1.165, 1.54) is 25.2 Å². The highest BCUT2D eigenvalue weighted by Crippen LogP contribution is 2.22.